The number of aliphatic hydroxyl groups is 1. The number of carbonyl (C=O) groups is 1. The summed E-state index contributed by atoms with van der Waals surface area (Å²) < 4.78 is 13.0. The zero-order valence-corrected chi connectivity index (χ0v) is 14.3. The molecule has 2 rings (SSSR count). The molecule has 128 valence electrons. The molecule has 1 heterocycles. The Kier molecular flexibility index (Phi) is 6.17. The lowest BCUT2D eigenvalue weighted by atomic mass is 9.86. The maximum atomic E-state index is 13.0. The van der Waals surface area contributed by atoms with Gasteiger partial charge in [-0.2, -0.15) is 0 Å². The van der Waals surface area contributed by atoms with Crippen LogP contribution in [0.3, 0.4) is 0 Å². The maximum Gasteiger partial charge on any atom is 0.225 e. The van der Waals surface area contributed by atoms with Gasteiger partial charge in [-0.05, 0) is 42.4 Å². The van der Waals surface area contributed by atoms with E-state index < -0.39 is 6.10 Å². The van der Waals surface area contributed by atoms with Crippen LogP contribution in [0.5, 0.6) is 0 Å². The van der Waals surface area contributed by atoms with Crippen molar-refractivity contribution in [1.82, 2.24) is 4.90 Å². The van der Waals surface area contributed by atoms with Crippen LogP contribution in [0.4, 0.5) is 4.39 Å². The number of hydrogen-bond donors (Lipinski definition) is 1. The summed E-state index contributed by atoms with van der Waals surface area (Å²) >= 11 is 0. The molecule has 1 aliphatic rings. The van der Waals surface area contributed by atoms with Crippen molar-refractivity contribution < 1.29 is 14.3 Å². The number of aliphatic hydroxyl groups excluding tert-OH is 1. The molecular weight excluding hydrogens is 293 g/mol. The summed E-state index contributed by atoms with van der Waals surface area (Å²) in [5.41, 5.74) is 0.754. The van der Waals surface area contributed by atoms with Gasteiger partial charge < -0.3 is 10.0 Å². The first-order valence-corrected chi connectivity index (χ1v) is 8.66. The van der Waals surface area contributed by atoms with Gasteiger partial charge in [0.25, 0.3) is 0 Å². The van der Waals surface area contributed by atoms with Gasteiger partial charge in [0, 0.05) is 19.0 Å². The molecular formula is C19H28FNO2. The topological polar surface area (TPSA) is 40.5 Å². The van der Waals surface area contributed by atoms with Gasteiger partial charge in [0.2, 0.25) is 5.91 Å². The normalized spacial score (nSPS) is 20.1. The molecule has 1 fully saturated rings. The molecule has 0 radical (unpaired) electrons. The minimum atomic E-state index is -0.583. The van der Waals surface area contributed by atoms with Crippen LogP contribution in [0.15, 0.2) is 24.3 Å². The summed E-state index contributed by atoms with van der Waals surface area (Å²) in [6.45, 7) is 7.63. The highest BCUT2D eigenvalue weighted by Crippen LogP contribution is 2.31. The van der Waals surface area contributed by atoms with E-state index >= 15 is 0 Å². The van der Waals surface area contributed by atoms with Crippen LogP contribution in [0, 0.1) is 23.6 Å². The third kappa shape index (κ3) is 4.31. The predicted molar refractivity (Wildman–Crippen MR) is 89.3 cm³/mol. The minimum absolute atomic E-state index is 0.0542. The summed E-state index contributed by atoms with van der Waals surface area (Å²) in [7, 11) is 0. The van der Waals surface area contributed by atoms with Crippen LogP contribution in [-0.4, -0.2) is 29.0 Å². The van der Waals surface area contributed by atoms with Crippen molar-refractivity contribution in [2.24, 2.45) is 17.8 Å². The number of rotatable bonds is 5. The average Bonchev–Trinajstić information content (AvgIpc) is 2.60. The first kappa shape index (κ1) is 17.9. The zero-order valence-electron chi connectivity index (χ0n) is 14.3. The number of nitrogens with zero attached hydrogens (tertiary/aromatic N) is 1. The van der Waals surface area contributed by atoms with E-state index in [4.69, 9.17) is 0 Å². The van der Waals surface area contributed by atoms with E-state index in [0.717, 1.165) is 24.8 Å². The standard InChI is InChI=1S/C19H28FNO2/c1-4-13(2)14(3)19(23)21-11-9-16(10-12-21)18(22)15-5-7-17(20)8-6-15/h5-8,13-14,16,18,22H,4,9-12H2,1-3H3. The molecule has 1 amide bonds. The SMILES string of the molecule is CCC(C)C(C)C(=O)N1CCC(C(O)c2ccc(F)cc2)CC1. The average molecular weight is 321 g/mol. The summed E-state index contributed by atoms with van der Waals surface area (Å²) in [5.74, 6) is 0.515. The smallest absolute Gasteiger partial charge is 0.225 e. The second-order valence-corrected chi connectivity index (χ2v) is 6.83. The summed E-state index contributed by atoms with van der Waals surface area (Å²) in [4.78, 5) is 14.4. The molecule has 3 unspecified atom stereocenters. The molecule has 0 aromatic heterocycles. The highest BCUT2D eigenvalue weighted by Gasteiger charge is 2.31. The highest BCUT2D eigenvalue weighted by molar-refractivity contribution is 5.78. The maximum absolute atomic E-state index is 13.0. The van der Waals surface area contributed by atoms with Gasteiger partial charge in [0.1, 0.15) is 5.82 Å². The Morgan fingerprint density at radius 2 is 1.83 bits per heavy atom. The Morgan fingerprint density at radius 1 is 1.26 bits per heavy atom. The molecule has 4 heteroatoms. The minimum Gasteiger partial charge on any atom is -0.388 e. The van der Waals surface area contributed by atoms with Gasteiger partial charge in [0.15, 0.2) is 0 Å². The summed E-state index contributed by atoms with van der Waals surface area (Å²) in [6, 6.07) is 6.04. The summed E-state index contributed by atoms with van der Waals surface area (Å²) in [5, 5.41) is 10.5. The molecule has 3 nitrogen and oxygen atoms in total. The van der Waals surface area contributed by atoms with E-state index in [2.05, 4.69) is 13.8 Å². The van der Waals surface area contributed by atoms with Gasteiger partial charge in [-0.25, -0.2) is 4.39 Å². The van der Waals surface area contributed by atoms with E-state index in [1.54, 1.807) is 12.1 Å². The van der Waals surface area contributed by atoms with Gasteiger partial charge in [0.05, 0.1) is 6.10 Å². The van der Waals surface area contributed by atoms with Crippen LogP contribution < -0.4 is 0 Å². The lowest BCUT2D eigenvalue weighted by Gasteiger charge is -2.36. The fourth-order valence-electron chi connectivity index (χ4n) is 3.25. The van der Waals surface area contributed by atoms with E-state index in [0.29, 0.717) is 19.0 Å². The summed E-state index contributed by atoms with van der Waals surface area (Å²) in [6.07, 6.45) is 2.00. The molecule has 1 N–H and O–H groups in total. The van der Waals surface area contributed by atoms with Gasteiger partial charge >= 0.3 is 0 Å². The lowest BCUT2D eigenvalue weighted by molar-refractivity contribution is -0.138. The molecule has 1 saturated heterocycles. The lowest BCUT2D eigenvalue weighted by Crippen LogP contribution is -2.43. The van der Waals surface area contributed by atoms with Crippen LogP contribution in [-0.2, 0) is 4.79 Å². The Balaban J connectivity index is 1.90. The van der Waals surface area contributed by atoms with Gasteiger partial charge in [-0.15, -0.1) is 0 Å². The van der Waals surface area contributed by atoms with E-state index in [1.807, 2.05) is 11.8 Å². The zero-order chi connectivity index (χ0) is 17.0. The second kappa shape index (κ2) is 7.91. The van der Waals surface area contributed by atoms with Crippen molar-refractivity contribution in [3.8, 4) is 0 Å². The quantitative estimate of drug-likeness (QED) is 0.896. The fourth-order valence-corrected chi connectivity index (χ4v) is 3.25. The molecule has 1 aromatic carbocycles. The van der Waals surface area contributed by atoms with E-state index in [9.17, 15) is 14.3 Å². The second-order valence-electron chi connectivity index (χ2n) is 6.83. The van der Waals surface area contributed by atoms with Crippen molar-refractivity contribution in [2.45, 2.75) is 46.1 Å². The fraction of sp³-hybridized carbons (Fsp3) is 0.632. The van der Waals surface area contributed by atoms with Crippen LogP contribution in [0.1, 0.15) is 51.7 Å². The van der Waals surface area contributed by atoms with Crippen molar-refractivity contribution in [2.75, 3.05) is 13.1 Å². The Hall–Kier alpha value is -1.42. The molecule has 0 aliphatic carbocycles. The first-order valence-electron chi connectivity index (χ1n) is 8.66. The number of carbonyl (C=O) groups excluding carboxylic acids is 1. The number of likely N-dealkylation sites (tertiary alicyclic amines) is 1. The Morgan fingerprint density at radius 3 is 2.35 bits per heavy atom. The third-order valence-corrected chi connectivity index (χ3v) is 5.40. The molecule has 1 aliphatic heterocycles. The molecule has 1 aromatic rings. The molecule has 0 spiro atoms. The number of hydrogen-bond acceptors (Lipinski definition) is 2. The molecule has 23 heavy (non-hydrogen) atoms. The molecule has 3 atom stereocenters. The number of amides is 1. The number of piperidine rings is 1. The monoisotopic (exact) mass is 321 g/mol. The van der Waals surface area contributed by atoms with E-state index in [1.165, 1.54) is 12.1 Å². The predicted octanol–water partition coefficient (Wildman–Crippen LogP) is 3.78. The third-order valence-electron chi connectivity index (χ3n) is 5.40. The van der Waals surface area contributed by atoms with Gasteiger partial charge in [-0.3, -0.25) is 4.79 Å². The first-order chi connectivity index (χ1) is 10.9. The van der Waals surface area contributed by atoms with Crippen molar-refractivity contribution in [1.29, 1.82) is 0 Å². The Labute approximate surface area is 138 Å². The van der Waals surface area contributed by atoms with Crippen molar-refractivity contribution >= 4 is 5.91 Å². The van der Waals surface area contributed by atoms with E-state index in [-0.39, 0.29) is 23.6 Å². The number of halogens is 1. The van der Waals surface area contributed by atoms with Crippen molar-refractivity contribution in [3.05, 3.63) is 35.6 Å². The van der Waals surface area contributed by atoms with Crippen molar-refractivity contribution in [3.63, 3.8) is 0 Å². The van der Waals surface area contributed by atoms with Crippen LogP contribution >= 0.6 is 0 Å². The van der Waals surface area contributed by atoms with Crippen LogP contribution in [0.25, 0.3) is 0 Å². The Bertz CT molecular complexity index is 509. The molecule has 0 bridgehead atoms. The largest absolute Gasteiger partial charge is 0.388 e. The highest BCUT2D eigenvalue weighted by atomic mass is 19.1. The van der Waals surface area contributed by atoms with Crippen LogP contribution in [0.2, 0.25) is 0 Å². The molecule has 0 saturated carbocycles. The van der Waals surface area contributed by atoms with Gasteiger partial charge in [-0.1, -0.05) is 39.3 Å². The number of benzene rings is 1.